The minimum absolute atomic E-state index is 0.271. The Morgan fingerprint density at radius 3 is 2.94 bits per heavy atom. The number of hydrogen-bond donors (Lipinski definition) is 2. The number of pyridine rings is 1. The number of hydrogen-bond acceptors (Lipinski definition) is 2. The third kappa shape index (κ3) is 2.25. The predicted molar refractivity (Wildman–Crippen MR) is 67.1 cm³/mol. The average molecular weight is 228 g/mol. The number of H-pyrrole nitrogens is 1. The second-order valence-electron chi connectivity index (χ2n) is 3.59. The van der Waals surface area contributed by atoms with E-state index in [1.54, 1.807) is 18.2 Å². The number of amides is 1. The number of benzene rings is 1. The number of aromatic nitrogens is 1. The summed E-state index contributed by atoms with van der Waals surface area (Å²) in [5, 5.41) is 3.39. The molecule has 1 aromatic heterocycles. The summed E-state index contributed by atoms with van der Waals surface area (Å²) in [6.07, 6.45) is 1.59. The molecular formula is C13H12N2O2. The minimum atomic E-state index is -0.285. The maximum absolute atomic E-state index is 11.9. The molecule has 2 N–H and O–H groups in total. The van der Waals surface area contributed by atoms with E-state index in [4.69, 9.17) is 0 Å². The lowest BCUT2D eigenvalue weighted by atomic mass is 10.1. The molecule has 1 amide bonds. The minimum Gasteiger partial charge on any atom is -0.349 e. The Bertz CT molecular complexity index is 629. The molecule has 0 bridgehead atoms. The lowest BCUT2D eigenvalue weighted by molar-refractivity contribution is 0.0959. The van der Waals surface area contributed by atoms with Gasteiger partial charge in [-0.1, -0.05) is 24.3 Å². The summed E-state index contributed by atoms with van der Waals surface area (Å²) in [6, 6.07) is 8.50. The highest BCUT2D eigenvalue weighted by Gasteiger charge is 2.10. The van der Waals surface area contributed by atoms with Crippen LogP contribution in [0.4, 0.5) is 0 Å². The van der Waals surface area contributed by atoms with Crippen molar-refractivity contribution in [2.24, 2.45) is 0 Å². The highest BCUT2D eigenvalue weighted by molar-refractivity contribution is 6.05. The van der Waals surface area contributed by atoms with Gasteiger partial charge in [0, 0.05) is 23.5 Å². The molecule has 0 saturated heterocycles. The van der Waals surface area contributed by atoms with Gasteiger partial charge in [0.05, 0.1) is 5.56 Å². The number of carbonyl (C=O) groups excluding carboxylic acids is 1. The van der Waals surface area contributed by atoms with E-state index in [-0.39, 0.29) is 11.5 Å². The standard InChI is InChI=1S/C13H12N2O2/c1-2-7-14-13(17)10-8-12(16)15-11-6-4-3-5-9(10)11/h2-6,8H,1,7H2,(H,14,17)(H,15,16). The van der Waals surface area contributed by atoms with Crippen molar-refractivity contribution in [1.82, 2.24) is 10.3 Å². The Morgan fingerprint density at radius 2 is 2.18 bits per heavy atom. The van der Waals surface area contributed by atoms with E-state index in [0.717, 1.165) is 5.39 Å². The smallest absolute Gasteiger partial charge is 0.252 e. The first-order chi connectivity index (χ1) is 8.22. The molecule has 17 heavy (non-hydrogen) atoms. The maximum atomic E-state index is 11.9. The number of para-hydroxylation sites is 1. The highest BCUT2D eigenvalue weighted by Crippen LogP contribution is 2.14. The lowest BCUT2D eigenvalue weighted by Gasteiger charge is -2.05. The molecule has 0 fully saturated rings. The number of nitrogens with one attached hydrogen (secondary N) is 2. The molecule has 4 heteroatoms. The molecule has 0 radical (unpaired) electrons. The third-order valence-corrected chi connectivity index (χ3v) is 2.40. The van der Waals surface area contributed by atoms with Crippen LogP contribution in [-0.4, -0.2) is 17.4 Å². The summed E-state index contributed by atoms with van der Waals surface area (Å²) in [5.41, 5.74) is 0.752. The van der Waals surface area contributed by atoms with Crippen LogP contribution in [0, 0.1) is 0 Å². The fourth-order valence-corrected chi connectivity index (χ4v) is 1.65. The topological polar surface area (TPSA) is 62.0 Å². The third-order valence-electron chi connectivity index (χ3n) is 2.40. The number of carbonyl (C=O) groups is 1. The van der Waals surface area contributed by atoms with Crippen LogP contribution >= 0.6 is 0 Å². The first-order valence-electron chi connectivity index (χ1n) is 5.23. The summed E-state index contributed by atoms with van der Waals surface area (Å²) in [5.74, 6) is -0.271. The number of rotatable bonds is 3. The van der Waals surface area contributed by atoms with Crippen LogP contribution in [0.15, 0.2) is 47.8 Å². The Hall–Kier alpha value is -2.36. The van der Waals surface area contributed by atoms with Crippen LogP contribution in [0.1, 0.15) is 10.4 Å². The van der Waals surface area contributed by atoms with Crippen LogP contribution in [0.3, 0.4) is 0 Å². The molecule has 0 unspecified atom stereocenters. The fourth-order valence-electron chi connectivity index (χ4n) is 1.65. The fraction of sp³-hybridized carbons (Fsp3) is 0.0769. The maximum Gasteiger partial charge on any atom is 0.252 e. The van der Waals surface area contributed by atoms with Crippen molar-refractivity contribution in [3.63, 3.8) is 0 Å². The highest BCUT2D eigenvalue weighted by atomic mass is 16.2. The molecule has 0 aliphatic carbocycles. The van der Waals surface area contributed by atoms with Crippen molar-refractivity contribution < 1.29 is 4.79 Å². The van der Waals surface area contributed by atoms with E-state index in [2.05, 4.69) is 16.9 Å². The molecule has 0 aliphatic rings. The first kappa shape index (κ1) is 11.1. The second-order valence-corrected chi connectivity index (χ2v) is 3.59. The van der Waals surface area contributed by atoms with Gasteiger partial charge < -0.3 is 10.3 Å². The molecular weight excluding hydrogens is 216 g/mol. The van der Waals surface area contributed by atoms with Crippen LogP contribution in [-0.2, 0) is 0 Å². The zero-order valence-electron chi connectivity index (χ0n) is 9.19. The first-order valence-corrected chi connectivity index (χ1v) is 5.23. The second kappa shape index (κ2) is 4.65. The van der Waals surface area contributed by atoms with Gasteiger partial charge in [-0.05, 0) is 6.07 Å². The molecule has 0 atom stereocenters. The van der Waals surface area contributed by atoms with E-state index < -0.39 is 0 Å². The van der Waals surface area contributed by atoms with E-state index in [1.165, 1.54) is 6.07 Å². The van der Waals surface area contributed by atoms with Gasteiger partial charge in [0.2, 0.25) is 5.56 Å². The molecule has 2 rings (SSSR count). The Labute approximate surface area is 98.0 Å². The molecule has 1 heterocycles. The van der Waals surface area contributed by atoms with Crippen molar-refractivity contribution in [3.05, 3.63) is 58.9 Å². The van der Waals surface area contributed by atoms with Crippen molar-refractivity contribution in [3.8, 4) is 0 Å². The Kier molecular flexibility index (Phi) is 3.05. The van der Waals surface area contributed by atoms with Crippen molar-refractivity contribution >= 4 is 16.8 Å². The Morgan fingerprint density at radius 1 is 1.41 bits per heavy atom. The van der Waals surface area contributed by atoms with Crippen molar-refractivity contribution in [2.75, 3.05) is 6.54 Å². The van der Waals surface area contributed by atoms with Gasteiger partial charge in [-0.2, -0.15) is 0 Å². The Balaban J connectivity index is 2.55. The zero-order chi connectivity index (χ0) is 12.3. The molecule has 86 valence electrons. The molecule has 4 nitrogen and oxygen atoms in total. The van der Waals surface area contributed by atoms with Crippen LogP contribution < -0.4 is 10.9 Å². The summed E-state index contributed by atoms with van der Waals surface area (Å²) in [4.78, 5) is 26.0. The van der Waals surface area contributed by atoms with Crippen LogP contribution in [0.2, 0.25) is 0 Å². The van der Waals surface area contributed by atoms with Gasteiger partial charge >= 0.3 is 0 Å². The molecule has 0 aliphatic heterocycles. The largest absolute Gasteiger partial charge is 0.349 e. The van der Waals surface area contributed by atoms with Gasteiger partial charge in [0.25, 0.3) is 5.91 Å². The lowest BCUT2D eigenvalue weighted by Crippen LogP contribution is -2.25. The van der Waals surface area contributed by atoms with E-state index in [0.29, 0.717) is 17.6 Å². The van der Waals surface area contributed by atoms with E-state index in [1.807, 2.05) is 12.1 Å². The number of fused-ring (bicyclic) bond motifs is 1. The van der Waals surface area contributed by atoms with Crippen LogP contribution in [0.5, 0.6) is 0 Å². The summed E-state index contributed by atoms with van der Waals surface area (Å²) < 4.78 is 0. The molecule has 2 aromatic rings. The van der Waals surface area contributed by atoms with Crippen molar-refractivity contribution in [1.29, 1.82) is 0 Å². The van der Waals surface area contributed by atoms with E-state index in [9.17, 15) is 9.59 Å². The van der Waals surface area contributed by atoms with Crippen LogP contribution in [0.25, 0.3) is 10.9 Å². The van der Waals surface area contributed by atoms with Gasteiger partial charge in [-0.25, -0.2) is 0 Å². The monoisotopic (exact) mass is 228 g/mol. The van der Waals surface area contributed by atoms with Gasteiger partial charge in [0.15, 0.2) is 0 Å². The number of aromatic amines is 1. The van der Waals surface area contributed by atoms with Gasteiger partial charge in [0.1, 0.15) is 0 Å². The summed E-state index contributed by atoms with van der Waals surface area (Å²) >= 11 is 0. The van der Waals surface area contributed by atoms with Crippen molar-refractivity contribution in [2.45, 2.75) is 0 Å². The molecule has 1 aromatic carbocycles. The zero-order valence-corrected chi connectivity index (χ0v) is 9.19. The van der Waals surface area contributed by atoms with E-state index >= 15 is 0 Å². The average Bonchev–Trinajstić information content (AvgIpc) is 2.34. The molecule has 0 spiro atoms. The van der Waals surface area contributed by atoms with Gasteiger partial charge in [-0.15, -0.1) is 6.58 Å². The quantitative estimate of drug-likeness (QED) is 0.781. The van der Waals surface area contributed by atoms with Gasteiger partial charge in [-0.3, -0.25) is 9.59 Å². The SMILES string of the molecule is C=CCNC(=O)c1cc(=O)[nH]c2ccccc12. The molecule has 0 saturated carbocycles. The summed E-state index contributed by atoms with van der Waals surface area (Å²) in [7, 11) is 0. The summed E-state index contributed by atoms with van der Waals surface area (Å²) in [6.45, 7) is 3.90. The normalized spacial score (nSPS) is 10.1. The predicted octanol–water partition coefficient (Wildman–Crippen LogP) is 1.44.